The molecule has 2 amide bonds. The fourth-order valence-electron chi connectivity index (χ4n) is 1.80. The number of carbonyl (C=O) groups is 1. The first-order valence-electron chi connectivity index (χ1n) is 6.35. The Morgan fingerprint density at radius 1 is 1.37 bits per heavy atom. The molecule has 0 aliphatic carbocycles. The molecule has 3 N–H and O–H groups in total. The molecule has 1 heterocycles. The van der Waals surface area contributed by atoms with Gasteiger partial charge >= 0.3 is 6.03 Å². The molecule has 0 aromatic carbocycles. The van der Waals surface area contributed by atoms with Crippen molar-refractivity contribution in [2.45, 2.75) is 39.3 Å². The summed E-state index contributed by atoms with van der Waals surface area (Å²) in [5.41, 5.74) is 0. The molecule has 1 aromatic rings. The molecule has 1 rings (SSSR count). The zero-order valence-electron chi connectivity index (χ0n) is 11.4. The number of nitrogens with one attached hydrogen (secondary N) is 2. The van der Waals surface area contributed by atoms with Crippen molar-refractivity contribution in [3.05, 3.63) is 21.3 Å². The van der Waals surface area contributed by atoms with Crippen molar-refractivity contribution < 1.29 is 9.90 Å². The molecule has 0 fully saturated rings. The van der Waals surface area contributed by atoms with Crippen molar-refractivity contribution in [3.63, 3.8) is 0 Å². The highest BCUT2D eigenvalue weighted by atomic mass is 35.5. The van der Waals surface area contributed by atoms with Gasteiger partial charge in [-0.1, -0.05) is 25.4 Å². The molecule has 0 saturated heterocycles. The van der Waals surface area contributed by atoms with Crippen LogP contribution < -0.4 is 10.6 Å². The predicted octanol–water partition coefficient (Wildman–Crippen LogP) is 3.17. The summed E-state index contributed by atoms with van der Waals surface area (Å²) >= 11 is 7.31. The van der Waals surface area contributed by atoms with E-state index in [1.165, 1.54) is 11.3 Å². The van der Waals surface area contributed by atoms with E-state index in [1.54, 1.807) is 0 Å². The summed E-state index contributed by atoms with van der Waals surface area (Å²) < 4.78 is 0.706. The van der Waals surface area contributed by atoms with Crippen LogP contribution in [0.15, 0.2) is 12.1 Å². The molecule has 2 unspecified atom stereocenters. The van der Waals surface area contributed by atoms with Crippen molar-refractivity contribution in [1.29, 1.82) is 0 Å². The van der Waals surface area contributed by atoms with Crippen molar-refractivity contribution in [1.82, 2.24) is 10.6 Å². The SMILES string of the molecule is CC(C)CC(CO)NC(=O)NC(C)c1ccc(Cl)s1. The molecule has 2 atom stereocenters. The third-order valence-corrected chi connectivity index (χ3v) is 4.09. The van der Waals surface area contributed by atoms with Gasteiger partial charge in [0.05, 0.1) is 23.0 Å². The van der Waals surface area contributed by atoms with E-state index < -0.39 is 0 Å². The molecule has 6 heteroatoms. The van der Waals surface area contributed by atoms with Crippen LogP contribution in [-0.4, -0.2) is 23.8 Å². The van der Waals surface area contributed by atoms with Gasteiger partial charge < -0.3 is 15.7 Å². The van der Waals surface area contributed by atoms with E-state index in [1.807, 2.05) is 19.1 Å². The lowest BCUT2D eigenvalue weighted by atomic mass is 10.0. The Morgan fingerprint density at radius 2 is 2.05 bits per heavy atom. The Labute approximate surface area is 123 Å². The van der Waals surface area contributed by atoms with Crippen LogP contribution in [0.2, 0.25) is 4.34 Å². The number of urea groups is 1. The number of hydrogen-bond donors (Lipinski definition) is 3. The lowest BCUT2D eigenvalue weighted by Crippen LogP contribution is -2.45. The Kier molecular flexibility index (Phi) is 6.62. The monoisotopic (exact) mass is 304 g/mol. The number of aliphatic hydroxyl groups excluding tert-OH is 1. The van der Waals surface area contributed by atoms with Crippen LogP contribution in [0.4, 0.5) is 4.79 Å². The smallest absolute Gasteiger partial charge is 0.315 e. The molecule has 4 nitrogen and oxygen atoms in total. The van der Waals surface area contributed by atoms with Crippen LogP contribution >= 0.6 is 22.9 Å². The zero-order valence-corrected chi connectivity index (χ0v) is 13.0. The Bertz CT molecular complexity index is 409. The summed E-state index contributed by atoms with van der Waals surface area (Å²) in [7, 11) is 0. The van der Waals surface area contributed by atoms with Crippen molar-refractivity contribution in [2.24, 2.45) is 5.92 Å². The molecule has 19 heavy (non-hydrogen) atoms. The largest absolute Gasteiger partial charge is 0.394 e. The molecule has 1 aromatic heterocycles. The maximum absolute atomic E-state index is 11.8. The minimum absolute atomic E-state index is 0.0508. The molecule has 0 radical (unpaired) electrons. The molecule has 0 spiro atoms. The molecular formula is C13H21ClN2O2S. The van der Waals surface area contributed by atoms with Crippen LogP contribution in [0, 0.1) is 5.92 Å². The number of carbonyl (C=O) groups excluding carboxylic acids is 1. The van der Waals surface area contributed by atoms with E-state index in [0.717, 1.165) is 11.3 Å². The van der Waals surface area contributed by atoms with Gasteiger partial charge in [-0.2, -0.15) is 0 Å². The van der Waals surface area contributed by atoms with Crippen LogP contribution in [0.1, 0.15) is 38.1 Å². The highest BCUT2D eigenvalue weighted by Gasteiger charge is 2.16. The lowest BCUT2D eigenvalue weighted by molar-refractivity contribution is 0.205. The van der Waals surface area contributed by atoms with Crippen LogP contribution in [0.25, 0.3) is 0 Å². The van der Waals surface area contributed by atoms with E-state index in [4.69, 9.17) is 11.6 Å². The van der Waals surface area contributed by atoms with Gasteiger partial charge in [0.2, 0.25) is 0 Å². The van der Waals surface area contributed by atoms with Crippen LogP contribution in [-0.2, 0) is 0 Å². The summed E-state index contributed by atoms with van der Waals surface area (Å²) in [6.45, 7) is 5.96. The molecule has 0 aliphatic heterocycles. The van der Waals surface area contributed by atoms with Crippen molar-refractivity contribution in [3.8, 4) is 0 Å². The molecule has 0 bridgehead atoms. The predicted molar refractivity (Wildman–Crippen MR) is 79.7 cm³/mol. The second kappa shape index (κ2) is 7.72. The van der Waals surface area contributed by atoms with E-state index in [2.05, 4.69) is 24.5 Å². The minimum atomic E-state index is -0.267. The van der Waals surface area contributed by atoms with Crippen LogP contribution in [0.5, 0.6) is 0 Å². The molecular weight excluding hydrogens is 284 g/mol. The summed E-state index contributed by atoms with van der Waals surface area (Å²) in [6, 6.07) is 3.13. The second-order valence-electron chi connectivity index (χ2n) is 4.99. The van der Waals surface area contributed by atoms with Crippen molar-refractivity contribution >= 4 is 29.0 Å². The first-order valence-corrected chi connectivity index (χ1v) is 7.55. The fourth-order valence-corrected chi connectivity index (χ4v) is 2.87. The number of thiophene rings is 1. The van der Waals surface area contributed by atoms with Gasteiger partial charge in [0, 0.05) is 4.88 Å². The topological polar surface area (TPSA) is 61.4 Å². The van der Waals surface area contributed by atoms with Gasteiger partial charge in [0.1, 0.15) is 0 Å². The number of amides is 2. The molecule has 108 valence electrons. The lowest BCUT2D eigenvalue weighted by Gasteiger charge is -2.20. The minimum Gasteiger partial charge on any atom is -0.394 e. The van der Waals surface area contributed by atoms with E-state index in [0.29, 0.717) is 10.3 Å². The first kappa shape index (κ1) is 16.3. The highest BCUT2D eigenvalue weighted by molar-refractivity contribution is 7.16. The summed E-state index contributed by atoms with van der Waals surface area (Å²) in [6.07, 6.45) is 0.753. The van der Waals surface area contributed by atoms with Gasteiger partial charge in [0.25, 0.3) is 0 Å². The molecule has 0 saturated carbocycles. The van der Waals surface area contributed by atoms with Gasteiger partial charge in [-0.05, 0) is 31.4 Å². The Balaban J connectivity index is 2.45. The Morgan fingerprint density at radius 3 is 2.53 bits per heavy atom. The number of halogens is 1. The van der Waals surface area contributed by atoms with Gasteiger partial charge in [-0.25, -0.2) is 4.79 Å². The average Bonchev–Trinajstić information content (AvgIpc) is 2.74. The number of hydrogen-bond acceptors (Lipinski definition) is 3. The third-order valence-electron chi connectivity index (χ3n) is 2.68. The van der Waals surface area contributed by atoms with E-state index >= 15 is 0 Å². The van der Waals surface area contributed by atoms with Gasteiger partial charge in [-0.15, -0.1) is 11.3 Å². The highest BCUT2D eigenvalue weighted by Crippen LogP contribution is 2.26. The first-order chi connectivity index (χ1) is 8.92. The molecule has 0 aliphatic rings. The van der Waals surface area contributed by atoms with Crippen molar-refractivity contribution in [2.75, 3.05) is 6.61 Å². The quantitative estimate of drug-likeness (QED) is 0.756. The van der Waals surface area contributed by atoms with E-state index in [9.17, 15) is 9.90 Å². The maximum atomic E-state index is 11.8. The average molecular weight is 305 g/mol. The van der Waals surface area contributed by atoms with Gasteiger partial charge in [-0.3, -0.25) is 0 Å². The summed E-state index contributed by atoms with van der Waals surface area (Å²) in [4.78, 5) is 12.8. The number of rotatable bonds is 6. The summed E-state index contributed by atoms with van der Waals surface area (Å²) in [5, 5.41) is 14.8. The second-order valence-corrected chi connectivity index (χ2v) is 6.74. The van der Waals surface area contributed by atoms with Crippen LogP contribution in [0.3, 0.4) is 0 Å². The number of aliphatic hydroxyl groups is 1. The third kappa shape index (κ3) is 5.80. The fraction of sp³-hybridized carbons (Fsp3) is 0.615. The summed E-state index contributed by atoms with van der Waals surface area (Å²) in [5.74, 6) is 0.422. The van der Waals surface area contributed by atoms with Gasteiger partial charge in [0.15, 0.2) is 0 Å². The standard InChI is InChI=1S/C13H21ClN2O2S/c1-8(2)6-10(7-17)16-13(18)15-9(3)11-4-5-12(14)19-11/h4-5,8-10,17H,6-7H2,1-3H3,(H2,15,16,18). The maximum Gasteiger partial charge on any atom is 0.315 e. The zero-order chi connectivity index (χ0) is 14.4. The van der Waals surface area contributed by atoms with E-state index in [-0.39, 0.29) is 24.7 Å². The normalized spacial score (nSPS) is 14.2. The Hall–Kier alpha value is -0.780.